The van der Waals surface area contributed by atoms with Crippen molar-refractivity contribution in [3.8, 4) is 5.88 Å². The van der Waals surface area contributed by atoms with Crippen LogP contribution in [0.15, 0.2) is 23.3 Å². The van der Waals surface area contributed by atoms with Gasteiger partial charge in [-0.05, 0) is 31.7 Å². The average Bonchev–Trinajstić information content (AvgIpc) is 2.31. The Labute approximate surface area is 96.6 Å². The molecule has 1 aliphatic rings. The van der Waals surface area contributed by atoms with E-state index in [9.17, 15) is 0 Å². The second-order valence-electron chi connectivity index (χ2n) is 4.25. The maximum atomic E-state index is 5.39. The van der Waals surface area contributed by atoms with E-state index in [1.807, 2.05) is 19.1 Å². The van der Waals surface area contributed by atoms with E-state index in [1.165, 1.54) is 12.1 Å². The third-order valence-corrected chi connectivity index (χ3v) is 2.83. The molecular formula is C13H18N2O. The number of nitrogens with zero attached hydrogens (tertiary/aromatic N) is 2. The zero-order valence-corrected chi connectivity index (χ0v) is 9.94. The molecule has 2 heterocycles. The molecule has 3 heteroatoms. The molecule has 0 amide bonds. The van der Waals surface area contributed by atoms with Crippen LogP contribution in [0.1, 0.15) is 32.3 Å². The fourth-order valence-electron chi connectivity index (χ4n) is 1.87. The van der Waals surface area contributed by atoms with E-state index in [0.717, 1.165) is 24.4 Å². The Bertz CT molecular complexity index is 387. The molecule has 1 aromatic heterocycles. The Morgan fingerprint density at radius 2 is 2.38 bits per heavy atom. The van der Waals surface area contributed by atoms with Gasteiger partial charge in [-0.2, -0.15) is 0 Å². The first-order valence-corrected chi connectivity index (χ1v) is 5.92. The molecule has 3 nitrogen and oxygen atoms in total. The molecule has 0 saturated heterocycles. The maximum Gasteiger partial charge on any atom is 0.213 e. The van der Waals surface area contributed by atoms with E-state index in [2.05, 4.69) is 16.9 Å². The lowest BCUT2D eigenvalue weighted by molar-refractivity contribution is 0.327. The van der Waals surface area contributed by atoms with E-state index in [1.54, 1.807) is 6.20 Å². The molecule has 0 aromatic carbocycles. The highest BCUT2D eigenvalue weighted by Gasteiger charge is 2.13. The van der Waals surface area contributed by atoms with Crippen molar-refractivity contribution in [3.05, 3.63) is 23.9 Å². The van der Waals surface area contributed by atoms with E-state index < -0.39 is 0 Å². The molecule has 0 fully saturated rings. The van der Waals surface area contributed by atoms with Gasteiger partial charge in [0.2, 0.25) is 5.88 Å². The van der Waals surface area contributed by atoms with Crippen molar-refractivity contribution in [2.24, 2.45) is 10.9 Å². The maximum absolute atomic E-state index is 5.39. The van der Waals surface area contributed by atoms with Crippen LogP contribution in [0.3, 0.4) is 0 Å². The standard InChI is InChI=1S/C13H18N2O/c1-3-16-13-8-11(6-7-14-13)12-5-4-10(2)9-15-12/h6-8,10H,3-5,9H2,1-2H3/t10-/m0/s1. The molecule has 1 aromatic rings. The van der Waals surface area contributed by atoms with Crippen molar-refractivity contribution in [2.75, 3.05) is 13.2 Å². The Kier molecular flexibility index (Phi) is 3.54. The van der Waals surface area contributed by atoms with Gasteiger partial charge in [0.05, 0.1) is 6.61 Å². The van der Waals surface area contributed by atoms with E-state index in [-0.39, 0.29) is 0 Å². The van der Waals surface area contributed by atoms with Crippen LogP contribution in [0, 0.1) is 5.92 Å². The predicted molar refractivity (Wildman–Crippen MR) is 65.2 cm³/mol. The van der Waals surface area contributed by atoms with Gasteiger partial charge in [-0.15, -0.1) is 0 Å². The Hall–Kier alpha value is -1.38. The van der Waals surface area contributed by atoms with E-state index >= 15 is 0 Å². The highest BCUT2D eigenvalue weighted by atomic mass is 16.5. The van der Waals surface area contributed by atoms with Crippen molar-refractivity contribution in [2.45, 2.75) is 26.7 Å². The fraction of sp³-hybridized carbons (Fsp3) is 0.538. The normalized spacial score (nSPS) is 20.4. The summed E-state index contributed by atoms with van der Waals surface area (Å²) < 4.78 is 5.39. The van der Waals surface area contributed by atoms with Crippen LogP contribution in [0.2, 0.25) is 0 Å². The van der Waals surface area contributed by atoms with Gasteiger partial charge >= 0.3 is 0 Å². The lowest BCUT2D eigenvalue weighted by Gasteiger charge is -2.17. The largest absolute Gasteiger partial charge is 0.478 e. The summed E-state index contributed by atoms with van der Waals surface area (Å²) in [4.78, 5) is 8.78. The van der Waals surface area contributed by atoms with Crippen LogP contribution in [0.4, 0.5) is 0 Å². The number of aromatic nitrogens is 1. The molecule has 0 spiro atoms. The van der Waals surface area contributed by atoms with Gasteiger partial charge < -0.3 is 4.74 Å². The van der Waals surface area contributed by atoms with Gasteiger partial charge in [0.1, 0.15) is 0 Å². The van der Waals surface area contributed by atoms with Crippen LogP contribution < -0.4 is 4.74 Å². The predicted octanol–water partition coefficient (Wildman–Crippen LogP) is 2.70. The summed E-state index contributed by atoms with van der Waals surface area (Å²) in [6.45, 7) is 5.81. The molecule has 0 saturated carbocycles. The lowest BCUT2D eigenvalue weighted by Crippen LogP contribution is -2.14. The van der Waals surface area contributed by atoms with Gasteiger partial charge in [-0.25, -0.2) is 4.98 Å². The van der Waals surface area contributed by atoms with Crippen LogP contribution in [0.5, 0.6) is 5.88 Å². The van der Waals surface area contributed by atoms with Crippen molar-refractivity contribution >= 4 is 5.71 Å². The fourth-order valence-corrected chi connectivity index (χ4v) is 1.87. The summed E-state index contributed by atoms with van der Waals surface area (Å²) in [7, 11) is 0. The number of aliphatic imine (C=N–C) groups is 1. The quantitative estimate of drug-likeness (QED) is 0.781. The van der Waals surface area contributed by atoms with E-state index in [4.69, 9.17) is 4.74 Å². The third kappa shape index (κ3) is 2.60. The van der Waals surface area contributed by atoms with E-state index in [0.29, 0.717) is 12.5 Å². The summed E-state index contributed by atoms with van der Waals surface area (Å²) in [6, 6.07) is 4.00. The molecule has 0 bridgehead atoms. The minimum Gasteiger partial charge on any atom is -0.478 e. The number of rotatable bonds is 3. The number of hydrogen-bond acceptors (Lipinski definition) is 3. The molecule has 1 aliphatic heterocycles. The first-order chi connectivity index (χ1) is 7.79. The molecule has 0 aliphatic carbocycles. The van der Waals surface area contributed by atoms with Crippen molar-refractivity contribution < 1.29 is 4.74 Å². The van der Waals surface area contributed by atoms with Crippen LogP contribution in [-0.2, 0) is 0 Å². The van der Waals surface area contributed by atoms with Crippen molar-refractivity contribution in [1.29, 1.82) is 0 Å². The van der Waals surface area contributed by atoms with Crippen LogP contribution >= 0.6 is 0 Å². The molecule has 0 radical (unpaired) electrons. The highest BCUT2D eigenvalue weighted by molar-refractivity contribution is 6.01. The smallest absolute Gasteiger partial charge is 0.213 e. The Morgan fingerprint density at radius 1 is 1.50 bits per heavy atom. The SMILES string of the molecule is CCOc1cc(C2=NC[C@@H](C)CC2)ccn1. The number of ether oxygens (including phenoxy) is 1. The van der Waals surface area contributed by atoms with Gasteiger partial charge in [-0.3, -0.25) is 4.99 Å². The summed E-state index contributed by atoms with van der Waals surface area (Å²) in [5.74, 6) is 1.42. The number of hydrogen-bond donors (Lipinski definition) is 0. The summed E-state index contributed by atoms with van der Waals surface area (Å²) in [5.41, 5.74) is 2.35. The molecule has 0 N–H and O–H groups in total. The van der Waals surface area contributed by atoms with Crippen molar-refractivity contribution in [1.82, 2.24) is 4.98 Å². The van der Waals surface area contributed by atoms with Crippen LogP contribution in [0.25, 0.3) is 0 Å². The molecule has 1 atom stereocenters. The molecule has 86 valence electrons. The average molecular weight is 218 g/mol. The highest BCUT2D eigenvalue weighted by Crippen LogP contribution is 2.19. The Morgan fingerprint density at radius 3 is 3.06 bits per heavy atom. The van der Waals surface area contributed by atoms with Gasteiger partial charge in [-0.1, -0.05) is 6.92 Å². The molecule has 16 heavy (non-hydrogen) atoms. The minimum atomic E-state index is 0.653. The summed E-state index contributed by atoms with van der Waals surface area (Å²) >= 11 is 0. The van der Waals surface area contributed by atoms with Crippen LogP contribution in [-0.4, -0.2) is 23.8 Å². The minimum absolute atomic E-state index is 0.653. The molecule has 2 rings (SSSR count). The monoisotopic (exact) mass is 218 g/mol. The lowest BCUT2D eigenvalue weighted by atomic mass is 9.96. The van der Waals surface area contributed by atoms with Crippen molar-refractivity contribution in [3.63, 3.8) is 0 Å². The Balaban J connectivity index is 2.17. The second-order valence-corrected chi connectivity index (χ2v) is 4.25. The third-order valence-electron chi connectivity index (χ3n) is 2.83. The van der Waals surface area contributed by atoms with Gasteiger partial charge in [0.25, 0.3) is 0 Å². The van der Waals surface area contributed by atoms with Gasteiger partial charge in [0.15, 0.2) is 0 Å². The zero-order valence-electron chi connectivity index (χ0n) is 9.94. The molecule has 0 unspecified atom stereocenters. The first kappa shape index (κ1) is 11.1. The number of pyridine rings is 1. The second kappa shape index (κ2) is 5.10. The first-order valence-electron chi connectivity index (χ1n) is 5.92. The summed E-state index contributed by atoms with van der Waals surface area (Å²) in [6.07, 6.45) is 4.09. The summed E-state index contributed by atoms with van der Waals surface area (Å²) in [5, 5.41) is 0. The topological polar surface area (TPSA) is 34.5 Å². The zero-order chi connectivity index (χ0) is 11.4. The molecular weight excluding hydrogens is 200 g/mol. The van der Waals surface area contributed by atoms with Gasteiger partial charge in [0, 0.05) is 30.1 Å².